The maximum absolute atomic E-state index is 11.4. The van der Waals surface area contributed by atoms with E-state index in [4.69, 9.17) is 12.2 Å². The van der Waals surface area contributed by atoms with Gasteiger partial charge in [-0.05, 0) is 66.5 Å². The van der Waals surface area contributed by atoms with E-state index in [0.717, 1.165) is 17.8 Å². The fraction of sp³-hybridized carbons (Fsp3) is 0.263. The monoisotopic (exact) mass is 342 g/mol. The highest BCUT2D eigenvalue weighted by atomic mass is 32.1. The van der Waals surface area contributed by atoms with Crippen LogP contribution in [0.4, 0.5) is 11.4 Å². The van der Waals surface area contributed by atoms with Gasteiger partial charge in [0.25, 0.3) is 0 Å². The predicted octanol–water partition coefficient (Wildman–Crippen LogP) is 4.80. The summed E-state index contributed by atoms with van der Waals surface area (Å²) in [5.41, 5.74) is 3.56. The van der Waals surface area contributed by atoms with Gasteiger partial charge in [0.1, 0.15) is 0 Å². The van der Waals surface area contributed by atoms with Crippen LogP contribution in [-0.2, 0) is 4.74 Å². The molecule has 0 aliphatic carbocycles. The van der Waals surface area contributed by atoms with Gasteiger partial charge in [-0.15, -0.1) is 0 Å². The van der Waals surface area contributed by atoms with Crippen LogP contribution in [0.25, 0.3) is 0 Å². The Kier molecular flexibility index (Phi) is 6.32. The molecule has 0 aliphatic heterocycles. The van der Waals surface area contributed by atoms with Crippen LogP contribution in [0.3, 0.4) is 0 Å². The molecule has 0 radical (unpaired) electrons. The van der Waals surface area contributed by atoms with Gasteiger partial charge in [0.2, 0.25) is 0 Å². The zero-order valence-electron chi connectivity index (χ0n) is 14.1. The number of hydrogen-bond donors (Lipinski definition) is 2. The standard InChI is InChI=1S/C19H22N2O2S/c1-4-13(2)14-5-9-16(10-6-14)20-19(24)21-17-11-7-15(8-12-17)18(22)23-3/h5-13H,4H2,1-3H3,(H2,20,21,24). The smallest absolute Gasteiger partial charge is 0.337 e. The molecule has 1 unspecified atom stereocenters. The lowest BCUT2D eigenvalue weighted by atomic mass is 9.99. The van der Waals surface area contributed by atoms with E-state index in [2.05, 4.69) is 41.4 Å². The minimum absolute atomic E-state index is 0.358. The number of ether oxygens (including phenoxy) is 1. The van der Waals surface area contributed by atoms with Crippen molar-refractivity contribution in [2.24, 2.45) is 0 Å². The van der Waals surface area contributed by atoms with Crippen molar-refractivity contribution >= 4 is 34.7 Å². The Morgan fingerprint density at radius 2 is 1.54 bits per heavy atom. The normalized spacial score (nSPS) is 11.5. The Balaban J connectivity index is 1.94. The molecule has 0 aromatic heterocycles. The fourth-order valence-corrected chi connectivity index (χ4v) is 2.47. The lowest BCUT2D eigenvalue weighted by molar-refractivity contribution is 0.0601. The highest BCUT2D eigenvalue weighted by Crippen LogP contribution is 2.20. The molecule has 1 atom stereocenters. The molecule has 2 aromatic rings. The van der Waals surface area contributed by atoms with Crippen molar-refractivity contribution in [3.8, 4) is 0 Å². The molecule has 0 bridgehead atoms. The average Bonchev–Trinajstić information content (AvgIpc) is 2.61. The van der Waals surface area contributed by atoms with Crippen molar-refractivity contribution in [2.75, 3.05) is 17.7 Å². The van der Waals surface area contributed by atoms with E-state index in [0.29, 0.717) is 16.6 Å². The molecule has 126 valence electrons. The van der Waals surface area contributed by atoms with Crippen LogP contribution in [0.1, 0.15) is 42.1 Å². The number of benzene rings is 2. The maximum Gasteiger partial charge on any atom is 0.337 e. The second-order valence-corrected chi connectivity index (χ2v) is 5.99. The molecule has 0 aliphatic rings. The van der Waals surface area contributed by atoms with Crippen molar-refractivity contribution in [2.45, 2.75) is 26.2 Å². The number of rotatable bonds is 5. The van der Waals surface area contributed by atoms with Crippen LogP contribution in [0.5, 0.6) is 0 Å². The summed E-state index contributed by atoms with van der Waals surface area (Å²) in [4.78, 5) is 11.4. The summed E-state index contributed by atoms with van der Waals surface area (Å²) >= 11 is 5.32. The Hall–Kier alpha value is -2.40. The van der Waals surface area contributed by atoms with E-state index < -0.39 is 0 Å². The Bertz CT molecular complexity index is 696. The molecule has 0 spiro atoms. The van der Waals surface area contributed by atoms with Crippen molar-refractivity contribution in [3.63, 3.8) is 0 Å². The first kappa shape index (κ1) is 17.9. The van der Waals surface area contributed by atoms with Crippen molar-refractivity contribution < 1.29 is 9.53 Å². The summed E-state index contributed by atoms with van der Waals surface area (Å²) in [6.07, 6.45) is 1.12. The molecule has 5 heteroatoms. The van der Waals surface area contributed by atoms with Crippen LogP contribution in [0.15, 0.2) is 48.5 Å². The summed E-state index contributed by atoms with van der Waals surface area (Å²) in [5.74, 6) is 0.195. The average molecular weight is 342 g/mol. The molecular weight excluding hydrogens is 320 g/mol. The highest BCUT2D eigenvalue weighted by molar-refractivity contribution is 7.80. The topological polar surface area (TPSA) is 50.4 Å². The van der Waals surface area contributed by atoms with E-state index in [-0.39, 0.29) is 5.97 Å². The Morgan fingerprint density at radius 3 is 2.00 bits per heavy atom. The zero-order valence-corrected chi connectivity index (χ0v) is 14.9. The molecule has 2 N–H and O–H groups in total. The molecule has 0 amide bonds. The molecule has 2 aromatic carbocycles. The van der Waals surface area contributed by atoms with Crippen molar-refractivity contribution in [1.29, 1.82) is 0 Å². The first-order chi connectivity index (χ1) is 11.5. The molecule has 0 fully saturated rings. The number of hydrogen-bond acceptors (Lipinski definition) is 3. The van der Waals surface area contributed by atoms with Crippen molar-refractivity contribution in [3.05, 3.63) is 59.7 Å². The van der Waals surface area contributed by atoms with Gasteiger partial charge in [-0.2, -0.15) is 0 Å². The summed E-state index contributed by atoms with van der Waals surface area (Å²) in [7, 11) is 1.36. The molecule has 2 rings (SSSR count). The number of esters is 1. The van der Waals surface area contributed by atoms with Crippen LogP contribution >= 0.6 is 12.2 Å². The van der Waals surface area contributed by atoms with Gasteiger partial charge in [0.05, 0.1) is 12.7 Å². The van der Waals surface area contributed by atoms with E-state index in [1.54, 1.807) is 24.3 Å². The summed E-state index contributed by atoms with van der Waals surface area (Å²) in [6.45, 7) is 4.40. The van der Waals surface area contributed by atoms with Crippen LogP contribution in [0.2, 0.25) is 0 Å². The van der Waals surface area contributed by atoms with E-state index in [1.165, 1.54) is 12.7 Å². The Morgan fingerprint density at radius 1 is 1.04 bits per heavy atom. The molecule has 0 saturated heterocycles. The number of thiocarbonyl (C=S) groups is 1. The SMILES string of the molecule is CCC(C)c1ccc(NC(=S)Nc2ccc(C(=O)OC)cc2)cc1. The Labute approximate surface area is 148 Å². The maximum atomic E-state index is 11.4. The largest absolute Gasteiger partial charge is 0.465 e. The van der Waals surface area contributed by atoms with E-state index >= 15 is 0 Å². The van der Waals surface area contributed by atoms with Gasteiger partial charge >= 0.3 is 5.97 Å². The fourth-order valence-electron chi connectivity index (χ4n) is 2.23. The minimum Gasteiger partial charge on any atom is -0.465 e. The molecule has 24 heavy (non-hydrogen) atoms. The number of carbonyl (C=O) groups excluding carboxylic acids is 1. The van der Waals surface area contributed by atoms with Gasteiger partial charge in [-0.3, -0.25) is 0 Å². The minimum atomic E-state index is -0.358. The summed E-state index contributed by atoms with van der Waals surface area (Å²) in [6, 6.07) is 15.2. The van der Waals surface area contributed by atoms with Crippen molar-refractivity contribution in [1.82, 2.24) is 0 Å². The molecule has 0 heterocycles. The molecule has 4 nitrogen and oxygen atoms in total. The first-order valence-corrected chi connectivity index (χ1v) is 8.30. The first-order valence-electron chi connectivity index (χ1n) is 7.89. The van der Waals surface area contributed by atoms with Crippen LogP contribution in [0, 0.1) is 0 Å². The summed E-state index contributed by atoms with van der Waals surface area (Å²) < 4.78 is 4.67. The quantitative estimate of drug-likeness (QED) is 0.604. The van der Waals surface area contributed by atoms with Gasteiger partial charge in [-0.25, -0.2) is 4.79 Å². The highest BCUT2D eigenvalue weighted by Gasteiger charge is 2.06. The van der Waals surface area contributed by atoms with Gasteiger partial charge < -0.3 is 15.4 Å². The molecular formula is C19H22N2O2S. The lowest BCUT2D eigenvalue weighted by Crippen LogP contribution is -2.19. The van der Waals surface area contributed by atoms with Crippen LogP contribution < -0.4 is 10.6 Å². The number of anilines is 2. The van der Waals surface area contributed by atoms with E-state index in [1.807, 2.05) is 12.1 Å². The predicted molar refractivity (Wildman–Crippen MR) is 103 cm³/mol. The second kappa shape index (κ2) is 8.45. The second-order valence-electron chi connectivity index (χ2n) is 5.58. The third kappa shape index (κ3) is 4.80. The van der Waals surface area contributed by atoms with Crippen LogP contribution in [-0.4, -0.2) is 18.2 Å². The summed E-state index contributed by atoms with van der Waals surface area (Å²) in [5, 5.41) is 6.74. The third-order valence-corrected chi connectivity index (χ3v) is 4.12. The van der Waals surface area contributed by atoms with E-state index in [9.17, 15) is 4.79 Å². The third-order valence-electron chi connectivity index (χ3n) is 3.91. The zero-order chi connectivity index (χ0) is 17.5. The lowest BCUT2D eigenvalue weighted by Gasteiger charge is -2.13. The van der Waals surface area contributed by atoms with Gasteiger partial charge in [-0.1, -0.05) is 26.0 Å². The van der Waals surface area contributed by atoms with Gasteiger partial charge in [0.15, 0.2) is 5.11 Å². The number of nitrogens with one attached hydrogen (secondary N) is 2. The van der Waals surface area contributed by atoms with Gasteiger partial charge in [0, 0.05) is 11.4 Å². The number of methoxy groups -OCH3 is 1. The molecule has 0 saturated carbocycles. The number of carbonyl (C=O) groups is 1.